The van der Waals surface area contributed by atoms with Crippen LogP contribution in [0.4, 0.5) is 13.2 Å². The van der Waals surface area contributed by atoms with Gasteiger partial charge in [-0.05, 0) is 31.0 Å². The molecule has 1 saturated carbocycles. The molecule has 1 fully saturated rings. The first-order chi connectivity index (χ1) is 10.1. The van der Waals surface area contributed by atoms with Gasteiger partial charge in [-0.15, -0.1) is 0 Å². The van der Waals surface area contributed by atoms with Gasteiger partial charge < -0.3 is 5.11 Å². The first-order valence-corrected chi connectivity index (χ1v) is 6.68. The van der Waals surface area contributed by atoms with Gasteiger partial charge in [-0.2, -0.15) is 13.2 Å². The van der Waals surface area contributed by atoms with Crippen molar-refractivity contribution in [1.29, 1.82) is 0 Å². The maximum absolute atomic E-state index is 13.0. The average Bonchev–Trinajstić information content (AvgIpc) is 3.21. The number of carboxylic acids is 1. The molecule has 8 heteroatoms. The molecule has 0 saturated heterocycles. The predicted octanol–water partition coefficient (Wildman–Crippen LogP) is 3.22. The van der Waals surface area contributed by atoms with E-state index in [1.165, 1.54) is 0 Å². The Hall–Kier alpha value is -1.89. The Bertz CT molecular complexity index is 650. The first kappa shape index (κ1) is 16.5. The van der Waals surface area contributed by atoms with Crippen molar-refractivity contribution in [1.82, 2.24) is 0 Å². The van der Waals surface area contributed by atoms with E-state index in [-0.39, 0.29) is 5.02 Å². The van der Waals surface area contributed by atoms with Crippen LogP contribution in [0.1, 0.15) is 28.8 Å². The topological polar surface area (TPSA) is 71.4 Å². The lowest BCUT2D eigenvalue weighted by atomic mass is 9.89. The van der Waals surface area contributed by atoms with Crippen molar-refractivity contribution < 1.29 is 32.7 Å². The van der Waals surface area contributed by atoms with E-state index in [0.717, 1.165) is 12.1 Å². The molecule has 1 aromatic carbocycles. The number of Topliss-reactive ketones (excluding diaryl/α,β-unsaturated/α-hetero) is 2. The SMILES string of the molecule is O=C(O)C(C(=O)c1ccc(Cl)cc1C(F)(F)F)C(=O)C1CC1. The van der Waals surface area contributed by atoms with E-state index in [2.05, 4.69) is 0 Å². The molecule has 0 amide bonds. The van der Waals surface area contributed by atoms with Crippen molar-refractivity contribution in [2.45, 2.75) is 19.0 Å². The van der Waals surface area contributed by atoms with Crippen LogP contribution in [0.3, 0.4) is 0 Å². The fourth-order valence-corrected chi connectivity index (χ4v) is 2.26. The predicted molar refractivity (Wildman–Crippen MR) is 69.6 cm³/mol. The molecule has 1 aliphatic carbocycles. The monoisotopic (exact) mass is 334 g/mol. The largest absolute Gasteiger partial charge is 0.480 e. The van der Waals surface area contributed by atoms with Crippen LogP contribution < -0.4 is 0 Å². The molecule has 0 bridgehead atoms. The van der Waals surface area contributed by atoms with Crippen LogP contribution in [-0.4, -0.2) is 22.6 Å². The van der Waals surface area contributed by atoms with Crippen molar-refractivity contribution in [2.75, 3.05) is 0 Å². The smallest absolute Gasteiger partial charge is 0.417 e. The summed E-state index contributed by atoms with van der Waals surface area (Å²) in [6, 6.07) is 2.38. The summed E-state index contributed by atoms with van der Waals surface area (Å²) in [6.07, 6.45) is -3.99. The molecular formula is C14H10ClF3O4. The van der Waals surface area contributed by atoms with Crippen LogP contribution in [0.2, 0.25) is 5.02 Å². The number of hydrogen-bond donors (Lipinski definition) is 1. The number of carbonyl (C=O) groups excluding carboxylic acids is 2. The summed E-state index contributed by atoms with van der Waals surface area (Å²) in [5, 5.41) is 8.81. The van der Waals surface area contributed by atoms with Gasteiger partial charge in [-0.3, -0.25) is 14.4 Å². The Balaban J connectivity index is 2.47. The van der Waals surface area contributed by atoms with E-state index in [4.69, 9.17) is 16.7 Å². The molecule has 0 spiro atoms. The van der Waals surface area contributed by atoms with E-state index in [0.29, 0.717) is 18.9 Å². The minimum Gasteiger partial charge on any atom is -0.480 e. The van der Waals surface area contributed by atoms with Crippen molar-refractivity contribution in [3.8, 4) is 0 Å². The molecule has 118 valence electrons. The standard InChI is InChI=1S/C14H10ClF3O4/c15-7-3-4-8(9(5-7)14(16,17)18)12(20)10(13(21)22)11(19)6-1-2-6/h3-6,10H,1-2H2,(H,21,22). The molecule has 0 radical (unpaired) electrons. The number of benzene rings is 1. The number of rotatable bonds is 5. The Kier molecular flexibility index (Phi) is 4.28. The normalized spacial score (nSPS) is 16.2. The average molecular weight is 335 g/mol. The van der Waals surface area contributed by atoms with Crippen LogP contribution in [-0.2, 0) is 15.8 Å². The van der Waals surface area contributed by atoms with Gasteiger partial charge in [0.1, 0.15) is 0 Å². The van der Waals surface area contributed by atoms with E-state index < -0.39 is 46.7 Å². The minimum atomic E-state index is -4.89. The maximum atomic E-state index is 13.0. The molecule has 1 aromatic rings. The van der Waals surface area contributed by atoms with E-state index >= 15 is 0 Å². The van der Waals surface area contributed by atoms with Crippen LogP contribution in [0.5, 0.6) is 0 Å². The van der Waals surface area contributed by atoms with Gasteiger partial charge in [0.25, 0.3) is 0 Å². The van der Waals surface area contributed by atoms with Gasteiger partial charge in [0, 0.05) is 16.5 Å². The first-order valence-electron chi connectivity index (χ1n) is 6.30. The lowest BCUT2D eigenvalue weighted by Crippen LogP contribution is -2.34. The van der Waals surface area contributed by atoms with E-state index in [1.807, 2.05) is 0 Å². The zero-order valence-electron chi connectivity index (χ0n) is 11.0. The number of alkyl halides is 3. The fourth-order valence-electron chi connectivity index (χ4n) is 2.09. The summed E-state index contributed by atoms with van der Waals surface area (Å²) >= 11 is 5.50. The van der Waals surface area contributed by atoms with Gasteiger partial charge >= 0.3 is 12.1 Å². The number of ketones is 2. The van der Waals surface area contributed by atoms with Gasteiger partial charge in [0.2, 0.25) is 0 Å². The number of carbonyl (C=O) groups is 3. The van der Waals surface area contributed by atoms with Gasteiger partial charge in [0.15, 0.2) is 17.5 Å². The molecular weight excluding hydrogens is 325 g/mol. The summed E-state index contributed by atoms with van der Waals surface area (Å²) in [5.74, 6) is -6.64. The minimum absolute atomic E-state index is 0.246. The van der Waals surface area contributed by atoms with Gasteiger partial charge in [-0.25, -0.2) is 0 Å². The van der Waals surface area contributed by atoms with Crippen LogP contribution >= 0.6 is 11.6 Å². The molecule has 4 nitrogen and oxygen atoms in total. The second-order valence-corrected chi connectivity index (χ2v) is 5.44. The number of carboxylic acid groups (broad SMARTS) is 1. The highest BCUT2D eigenvalue weighted by atomic mass is 35.5. The lowest BCUT2D eigenvalue weighted by molar-refractivity contribution is -0.145. The molecule has 22 heavy (non-hydrogen) atoms. The summed E-state index contributed by atoms with van der Waals surface area (Å²) < 4.78 is 38.9. The molecule has 0 aromatic heterocycles. The third-order valence-corrected chi connectivity index (χ3v) is 3.56. The van der Waals surface area contributed by atoms with E-state index in [9.17, 15) is 27.6 Å². The highest BCUT2D eigenvalue weighted by molar-refractivity contribution is 6.31. The Morgan fingerprint density at radius 1 is 1.23 bits per heavy atom. The van der Waals surface area contributed by atoms with Crippen molar-refractivity contribution in [2.24, 2.45) is 11.8 Å². The molecule has 0 aliphatic heterocycles. The summed E-state index contributed by atoms with van der Waals surface area (Å²) in [4.78, 5) is 35.2. The second-order valence-electron chi connectivity index (χ2n) is 5.00. The van der Waals surface area contributed by atoms with Gasteiger partial charge in [0.05, 0.1) is 5.56 Å². The van der Waals surface area contributed by atoms with E-state index in [1.54, 1.807) is 0 Å². The molecule has 1 unspecified atom stereocenters. The Morgan fingerprint density at radius 3 is 2.27 bits per heavy atom. The summed E-state index contributed by atoms with van der Waals surface area (Å²) in [5.41, 5.74) is -2.21. The zero-order chi connectivity index (χ0) is 16.7. The Morgan fingerprint density at radius 2 is 1.82 bits per heavy atom. The quantitative estimate of drug-likeness (QED) is 0.663. The van der Waals surface area contributed by atoms with Crippen molar-refractivity contribution in [3.05, 3.63) is 34.3 Å². The van der Waals surface area contributed by atoms with Crippen molar-refractivity contribution in [3.63, 3.8) is 0 Å². The van der Waals surface area contributed by atoms with Gasteiger partial charge in [-0.1, -0.05) is 11.6 Å². The lowest BCUT2D eigenvalue weighted by Gasteiger charge is -2.15. The maximum Gasteiger partial charge on any atom is 0.417 e. The molecule has 0 heterocycles. The number of hydrogen-bond acceptors (Lipinski definition) is 3. The number of halogens is 4. The van der Waals surface area contributed by atoms with Crippen LogP contribution in [0, 0.1) is 11.8 Å². The second kappa shape index (κ2) is 5.72. The molecule has 1 aliphatic rings. The molecule has 1 N–H and O–H groups in total. The molecule has 2 rings (SSSR count). The summed E-state index contributed by atoms with van der Waals surface area (Å²) in [6.45, 7) is 0. The third-order valence-electron chi connectivity index (χ3n) is 3.33. The van der Waals surface area contributed by atoms with Crippen LogP contribution in [0.15, 0.2) is 18.2 Å². The number of aliphatic carboxylic acids is 1. The highest BCUT2D eigenvalue weighted by Gasteiger charge is 2.45. The zero-order valence-corrected chi connectivity index (χ0v) is 11.7. The third kappa shape index (κ3) is 3.30. The van der Waals surface area contributed by atoms with Crippen molar-refractivity contribution >= 4 is 29.1 Å². The highest BCUT2D eigenvalue weighted by Crippen LogP contribution is 2.37. The summed E-state index contributed by atoms with van der Waals surface area (Å²) in [7, 11) is 0. The molecule has 1 atom stereocenters. The Labute approximate surface area is 127 Å². The fraction of sp³-hybridized carbons (Fsp3) is 0.357. The van der Waals surface area contributed by atoms with Crippen LogP contribution in [0.25, 0.3) is 0 Å².